The number of ether oxygens (including phenoxy) is 4. The topological polar surface area (TPSA) is 230 Å². The van der Waals surface area contributed by atoms with E-state index in [0.717, 1.165) is 178 Å². The van der Waals surface area contributed by atoms with Crippen LogP contribution in [0.5, 0.6) is 46.0 Å². The normalized spacial score (nSPS) is 14.2. The molecule has 12 heterocycles. The summed E-state index contributed by atoms with van der Waals surface area (Å²) in [6, 6.07) is 126. The van der Waals surface area contributed by atoms with E-state index in [1.54, 1.807) is 6.20 Å². The van der Waals surface area contributed by atoms with Crippen molar-refractivity contribution in [3.63, 3.8) is 0 Å². The number of carbonyl (C=O) groups excluding carboxylic acids is 3. The quantitative estimate of drug-likeness (QED) is 0.0443. The van der Waals surface area contributed by atoms with E-state index in [-0.39, 0.29) is 130 Å². The van der Waals surface area contributed by atoms with Gasteiger partial charge in [0.25, 0.3) is 0 Å². The van der Waals surface area contributed by atoms with E-state index < -0.39 is 15.1 Å². The summed E-state index contributed by atoms with van der Waals surface area (Å²) in [5, 5.41) is 34.2. The molecule has 0 aliphatic carbocycles. The molecule has 4 aromatic heterocycles. The van der Waals surface area contributed by atoms with Crippen LogP contribution in [0.15, 0.2) is 375 Å². The smallest absolute Gasteiger partial charge is 0.208 e. The van der Waals surface area contributed by atoms with Gasteiger partial charge in [0.15, 0.2) is 17.3 Å². The monoisotopic (exact) mass is 2670 g/mol. The van der Waals surface area contributed by atoms with Crippen molar-refractivity contribution >= 4 is 178 Å². The van der Waals surface area contributed by atoms with Gasteiger partial charge in [-0.25, -0.2) is 0 Å². The van der Waals surface area contributed by atoms with E-state index in [1.165, 1.54) is 92.7 Å². The number of anilines is 8. The fourth-order valence-electron chi connectivity index (χ4n) is 19.3. The van der Waals surface area contributed by atoms with Gasteiger partial charge in [0.2, 0.25) is 13.4 Å². The number of benzene rings is 14. The van der Waals surface area contributed by atoms with Gasteiger partial charge in [-0.05, 0) is 234 Å². The van der Waals surface area contributed by atoms with Crippen LogP contribution in [0, 0.1) is 24.3 Å². The third kappa shape index (κ3) is 20.5. The molecule has 0 amide bonds. The largest absolute Gasteiger partial charge is 0.512 e. The van der Waals surface area contributed by atoms with Gasteiger partial charge in [-0.2, -0.15) is 0 Å². The van der Waals surface area contributed by atoms with Gasteiger partial charge in [0.05, 0.1) is 39.7 Å². The van der Waals surface area contributed by atoms with Crippen molar-refractivity contribution in [3.8, 4) is 91.0 Å². The van der Waals surface area contributed by atoms with Gasteiger partial charge in [-0.1, -0.05) is 241 Å². The summed E-state index contributed by atoms with van der Waals surface area (Å²) in [5.74, 6) is 6.32. The number of ketones is 3. The molecule has 732 valence electrons. The van der Waals surface area contributed by atoms with Crippen LogP contribution in [0.3, 0.4) is 0 Å². The van der Waals surface area contributed by atoms with Crippen LogP contribution in [0.1, 0.15) is 41.5 Å². The average Bonchev–Trinajstić information content (AvgIpc) is 0.700. The molecule has 2 atom stereocenters. The average molecular weight is 2670 g/mol. The number of aromatic nitrogens is 4. The summed E-state index contributed by atoms with van der Waals surface area (Å²) in [6.45, 7) is 8.67. The zero-order valence-electron chi connectivity index (χ0n) is 80.6. The van der Waals surface area contributed by atoms with Crippen LogP contribution in [0.2, 0.25) is 0 Å². The number of carbonyl (C=O) groups is 3. The molecule has 14 aromatic carbocycles. The SMILES string of the molecule is CC(=O)C=C(C)O.CC(=O)C=C(C)O.CC(=O)C=C(C)O.CN1c2[c-]c(-c3ccccn3)cc3c2P(=O)(c2ccccc21)c1ccccc1N3C.CN1c2[c-]c(-c3ccccn3)cc3c2P(c2ccccc21)c1ccccc1N3C.[Ir].[Ir].[Pt].[Pt].[c-]1c(-c2ccc3ccccc3n2)cc2c3c1Oc1ccccc1B3c1ccccc1O2.[c-]1c(-c2ccc3ccccc3n2)cc2c3c1Oc1ccccc1B3c1ccccc1O2. The van der Waals surface area contributed by atoms with Crippen molar-refractivity contribution in [1.82, 2.24) is 19.9 Å². The predicted molar refractivity (Wildman–Crippen MR) is 576 cm³/mol. The van der Waals surface area contributed by atoms with Crippen LogP contribution >= 0.6 is 15.1 Å². The summed E-state index contributed by atoms with van der Waals surface area (Å²) < 4.78 is 40.4. The van der Waals surface area contributed by atoms with E-state index in [9.17, 15) is 18.9 Å². The molecule has 3 N–H and O–H groups in total. The Morgan fingerprint density at radius 2 is 0.678 bits per heavy atom. The maximum Gasteiger partial charge on any atom is 0.208 e. The first-order chi connectivity index (χ1) is 68.9. The second-order valence-electron chi connectivity index (χ2n) is 35.1. The van der Waals surface area contributed by atoms with Crippen molar-refractivity contribution in [1.29, 1.82) is 0 Å². The van der Waals surface area contributed by atoms with E-state index in [4.69, 9.17) is 44.2 Å². The maximum atomic E-state index is 15.0. The molecule has 8 aliphatic rings. The Hall–Kier alpha value is -14.3. The minimum atomic E-state index is -3.04. The number of aliphatic hydroxyl groups excluding tert-OH is 3. The van der Waals surface area contributed by atoms with Crippen molar-refractivity contribution in [3.05, 3.63) is 400 Å². The number of hydrogen-bond acceptors (Lipinski definition) is 19. The molecule has 0 saturated carbocycles. The number of pyridine rings is 4. The number of hydrogen-bond donors (Lipinski definition) is 3. The Kier molecular flexibility index (Phi) is 32.0. The first-order valence-corrected chi connectivity index (χ1v) is 49.4. The Morgan fingerprint density at radius 3 is 1.09 bits per heavy atom. The van der Waals surface area contributed by atoms with Crippen LogP contribution in [-0.4, -0.2) is 94.2 Å². The molecule has 19 nitrogen and oxygen atoms in total. The van der Waals surface area contributed by atoms with Crippen LogP contribution in [0.4, 0.5) is 45.5 Å². The third-order valence-electron chi connectivity index (χ3n) is 25.4. The van der Waals surface area contributed by atoms with E-state index in [1.807, 2.05) is 202 Å². The van der Waals surface area contributed by atoms with Crippen molar-refractivity contribution in [2.45, 2.75) is 41.5 Å². The molecule has 2 radical (unpaired) electrons. The molecule has 0 fully saturated rings. The first-order valence-electron chi connectivity index (χ1n) is 46.3. The molecule has 0 saturated heterocycles. The van der Waals surface area contributed by atoms with Gasteiger partial charge in [0, 0.05) is 186 Å². The minimum absolute atomic E-state index is 0. The van der Waals surface area contributed by atoms with Gasteiger partial charge < -0.3 is 68.4 Å². The number of rotatable bonds is 7. The fourth-order valence-corrected chi connectivity index (χ4v) is 25.8. The zero-order chi connectivity index (χ0) is 98.3. The van der Waals surface area contributed by atoms with E-state index in [2.05, 4.69) is 214 Å². The Balaban J connectivity index is 0.000000129. The second-order valence-corrected chi connectivity index (χ2v) is 39.8. The minimum Gasteiger partial charge on any atom is -0.512 e. The summed E-state index contributed by atoms with van der Waals surface area (Å²) in [4.78, 5) is 57.8. The molecule has 26 rings (SSSR count). The van der Waals surface area contributed by atoms with Crippen LogP contribution in [-0.2, 0) is 101 Å². The molecule has 18 aromatic rings. The summed E-state index contributed by atoms with van der Waals surface area (Å²) >= 11 is 0. The molecular weight excluding hydrogens is 2580 g/mol. The predicted octanol–water partition coefficient (Wildman–Crippen LogP) is 20.8. The van der Waals surface area contributed by atoms with Crippen molar-refractivity contribution in [2.75, 3.05) is 47.8 Å². The number of para-hydroxylation sites is 10. The Bertz CT molecular complexity index is 7670. The fraction of sp³-hybridized carbons (Fsp3) is 0.0840. The molecule has 8 aliphatic heterocycles. The van der Waals surface area contributed by atoms with Gasteiger partial charge in [0.1, 0.15) is 30.1 Å². The third-order valence-corrected chi connectivity index (χ3v) is 31.2. The summed E-state index contributed by atoms with van der Waals surface area (Å²) in [7, 11) is 4.73. The molecule has 0 bridgehead atoms. The van der Waals surface area contributed by atoms with Crippen molar-refractivity contribution < 1.29 is 136 Å². The van der Waals surface area contributed by atoms with Crippen molar-refractivity contribution in [2.24, 2.45) is 0 Å². The molecule has 0 spiro atoms. The molecular formula is C119H92B2Ir2N8O11P2Pt2-4. The first kappa shape index (κ1) is 105. The van der Waals surface area contributed by atoms with Crippen LogP contribution < -0.4 is 103 Å². The second kappa shape index (κ2) is 44.7. The van der Waals surface area contributed by atoms with E-state index >= 15 is 0 Å². The number of nitrogens with zero attached hydrogens (tertiary/aromatic N) is 8. The number of aliphatic hydroxyl groups is 3. The van der Waals surface area contributed by atoms with Crippen LogP contribution in [0.25, 0.3) is 66.8 Å². The molecule has 2 unspecified atom stereocenters. The molecule has 27 heteroatoms. The summed E-state index contributed by atoms with van der Waals surface area (Å²) in [6.07, 6.45) is 7.14. The summed E-state index contributed by atoms with van der Waals surface area (Å²) in [5.41, 5.74) is 24.4. The Labute approximate surface area is 905 Å². The van der Waals surface area contributed by atoms with E-state index in [0.29, 0.717) is 11.5 Å². The standard InChI is InChI=1S/2C27H15BNO2.C25H19N3OP.C25H19N3P.3C5H8O2.2Ir.2Pt/c2*1-4-10-21-17(7-1)13-14-22(29-21)18-15-25-27-26(16-18)31-24-12-6-3-9-20(24)28(27)19-8-2-5-11-23(19)30-25;1-27-19-10-3-5-12-23(19)30(29)24-13-6-4-11-20(24)28(2)22-16-17(15-21(27)25(22)30)18-9-7-8-14-26-18;1-27-19-10-3-5-12-23(19)29-24-13-6-4-11-20(24)28(2)22-16-17(15-21(27)25(22)29)18-9-7-8-14-26-18;3*1-4(6)3-5(2)7;;;;/h2*1-15H;3-15H,1-2H3;3-15H,1-2H3;3*3,6H,1-2H3;;;;/q4*-1;;;;;;;. The Morgan fingerprint density at radius 1 is 0.342 bits per heavy atom. The zero-order valence-corrected chi connectivity index (χ0v) is 91.7. The number of allylic oxidation sites excluding steroid dienone is 6. The maximum absolute atomic E-state index is 15.0. The molecule has 146 heavy (non-hydrogen) atoms. The van der Waals surface area contributed by atoms with Gasteiger partial charge in [-0.3, -0.25) is 24.4 Å². The number of fused-ring (bicyclic) bond motifs is 18. The van der Waals surface area contributed by atoms with Gasteiger partial charge >= 0.3 is 0 Å². The van der Waals surface area contributed by atoms with Gasteiger partial charge in [-0.15, -0.1) is 58.7 Å².